The Morgan fingerprint density at radius 3 is 2.44 bits per heavy atom. The number of hydrogen-bond donors (Lipinski definition) is 5. The molecular formula is C29H39Cl2F2N3O3. The van der Waals surface area contributed by atoms with Crippen molar-refractivity contribution in [3.63, 3.8) is 0 Å². The van der Waals surface area contributed by atoms with Gasteiger partial charge in [-0.15, -0.1) is 0 Å². The number of carbonyl (C=O) groups is 1. The summed E-state index contributed by atoms with van der Waals surface area (Å²) in [5.74, 6) is -2.89. The zero-order chi connectivity index (χ0) is 29.0. The molecule has 1 amide bonds. The molecule has 1 aliphatic rings. The first kappa shape index (κ1) is 31.7. The fourth-order valence-corrected chi connectivity index (χ4v) is 6.31. The molecule has 0 radical (unpaired) electrons. The molecule has 2 aromatic carbocycles. The number of nitrogens with one attached hydrogen (secondary N) is 2. The molecule has 1 aliphatic heterocycles. The van der Waals surface area contributed by atoms with E-state index in [9.17, 15) is 9.90 Å². The Hall–Kier alpha value is -1.81. The van der Waals surface area contributed by atoms with Crippen molar-refractivity contribution in [3.8, 4) is 0 Å². The molecule has 0 spiro atoms. The molecular weight excluding hydrogens is 547 g/mol. The largest absolute Gasteiger partial charge is 0.394 e. The Kier molecular flexibility index (Phi) is 10.8. The number of halogens is 4. The third-order valence-electron chi connectivity index (χ3n) is 8.68. The number of aliphatic hydroxyl groups is 2. The van der Waals surface area contributed by atoms with Gasteiger partial charge in [-0.05, 0) is 42.0 Å². The number of nitrogens with two attached hydrogens (primary N) is 1. The Labute approximate surface area is 239 Å². The van der Waals surface area contributed by atoms with Gasteiger partial charge in [0, 0.05) is 29.1 Å². The summed E-state index contributed by atoms with van der Waals surface area (Å²) in [5, 5.41) is 25.0. The van der Waals surface area contributed by atoms with Gasteiger partial charge in [-0.3, -0.25) is 4.79 Å². The lowest BCUT2D eigenvalue weighted by atomic mass is 9.66. The average Bonchev–Trinajstić information content (AvgIpc) is 3.20. The minimum atomic E-state index is -1.56. The van der Waals surface area contributed by atoms with Gasteiger partial charge in [0.2, 0.25) is 5.91 Å². The Bertz CT molecular complexity index is 1140. The van der Waals surface area contributed by atoms with E-state index in [0.29, 0.717) is 6.42 Å². The van der Waals surface area contributed by atoms with Crippen LogP contribution in [-0.4, -0.2) is 47.5 Å². The smallest absolute Gasteiger partial charge is 0.237 e. The highest BCUT2D eigenvalue weighted by atomic mass is 35.5. The predicted octanol–water partition coefficient (Wildman–Crippen LogP) is 5.02. The molecule has 1 fully saturated rings. The molecule has 1 saturated heterocycles. The van der Waals surface area contributed by atoms with Gasteiger partial charge in [-0.25, -0.2) is 8.78 Å². The van der Waals surface area contributed by atoms with E-state index in [-0.39, 0.29) is 39.6 Å². The highest BCUT2D eigenvalue weighted by Gasteiger charge is 2.59. The molecule has 3 rings (SSSR count). The van der Waals surface area contributed by atoms with Gasteiger partial charge in [-0.2, -0.15) is 0 Å². The van der Waals surface area contributed by atoms with Gasteiger partial charge in [0.25, 0.3) is 0 Å². The molecule has 0 saturated carbocycles. The average molecular weight is 587 g/mol. The van der Waals surface area contributed by atoms with E-state index in [2.05, 4.69) is 31.4 Å². The summed E-state index contributed by atoms with van der Waals surface area (Å²) in [7, 11) is 0. The SMILES string of the molecule is CCC(CC)(CC)C[C@@H]1N[C@@H](C(=O)NCC[C@H](O)CO)[C@H](c2cccc(Cl)c2F)[C@@]1(N)c1ccc(Cl)cc1F. The minimum absolute atomic E-state index is 0.0733. The van der Waals surface area contributed by atoms with Crippen LogP contribution in [0.1, 0.15) is 69.9 Å². The highest BCUT2D eigenvalue weighted by molar-refractivity contribution is 6.31. The monoisotopic (exact) mass is 585 g/mol. The van der Waals surface area contributed by atoms with Crippen molar-refractivity contribution in [1.29, 1.82) is 0 Å². The van der Waals surface area contributed by atoms with Crippen molar-refractivity contribution in [2.75, 3.05) is 13.2 Å². The second-order valence-corrected chi connectivity index (χ2v) is 11.4. The highest BCUT2D eigenvalue weighted by Crippen LogP contribution is 2.51. The molecule has 0 bridgehead atoms. The van der Waals surface area contributed by atoms with Crippen molar-refractivity contribution in [2.24, 2.45) is 11.1 Å². The number of aliphatic hydroxyl groups excluding tert-OH is 2. The van der Waals surface area contributed by atoms with E-state index in [4.69, 9.17) is 34.0 Å². The van der Waals surface area contributed by atoms with Crippen molar-refractivity contribution >= 4 is 29.1 Å². The van der Waals surface area contributed by atoms with Crippen LogP contribution in [0.5, 0.6) is 0 Å². The van der Waals surface area contributed by atoms with Crippen LogP contribution in [0.4, 0.5) is 8.78 Å². The molecule has 0 aromatic heterocycles. The third-order valence-corrected chi connectivity index (χ3v) is 9.20. The number of rotatable bonds is 12. The summed E-state index contributed by atoms with van der Waals surface area (Å²) in [6.07, 6.45) is 2.16. The van der Waals surface area contributed by atoms with E-state index < -0.39 is 53.8 Å². The molecule has 0 unspecified atom stereocenters. The number of hydrogen-bond acceptors (Lipinski definition) is 5. The first-order chi connectivity index (χ1) is 18.5. The molecule has 5 atom stereocenters. The Morgan fingerprint density at radius 1 is 1.18 bits per heavy atom. The second-order valence-electron chi connectivity index (χ2n) is 10.6. The second kappa shape index (κ2) is 13.2. The van der Waals surface area contributed by atoms with E-state index in [1.807, 2.05) is 0 Å². The fourth-order valence-electron chi connectivity index (χ4n) is 5.97. The summed E-state index contributed by atoms with van der Waals surface area (Å²) >= 11 is 12.3. The van der Waals surface area contributed by atoms with E-state index in [1.165, 1.54) is 30.3 Å². The lowest BCUT2D eigenvalue weighted by molar-refractivity contribution is -0.123. The van der Waals surface area contributed by atoms with Crippen molar-refractivity contribution < 1.29 is 23.8 Å². The van der Waals surface area contributed by atoms with E-state index >= 15 is 8.78 Å². The molecule has 6 N–H and O–H groups in total. The normalized spacial score (nSPS) is 24.1. The van der Waals surface area contributed by atoms with E-state index in [1.54, 1.807) is 6.07 Å². The van der Waals surface area contributed by atoms with Gasteiger partial charge in [-0.1, -0.05) is 81.4 Å². The van der Waals surface area contributed by atoms with Gasteiger partial charge in [0.05, 0.1) is 29.3 Å². The number of carbonyl (C=O) groups excluding carboxylic acids is 1. The van der Waals surface area contributed by atoms with Crippen molar-refractivity contribution in [1.82, 2.24) is 10.6 Å². The van der Waals surface area contributed by atoms with Gasteiger partial charge < -0.3 is 26.6 Å². The molecule has 1 heterocycles. The van der Waals surface area contributed by atoms with Gasteiger partial charge >= 0.3 is 0 Å². The van der Waals surface area contributed by atoms with Crippen molar-refractivity contribution in [3.05, 3.63) is 69.2 Å². The number of benzene rings is 2. The van der Waals surface area contributed by atoms with Crippen LogP contribution in [0, 0.1) is 17.0 Å². The zero-order valence-corrected chi connectivity index (χ0v) is 24.1. The fraction of sp³-hybridized carbons (Fsp3) is 0.552. The summed E-state index contributed by atoms with van der Waals surface area (Å²) in [6.45, 7) is 5.91. The van der Waals surface area contributed by atoms with Gasteiger partial charge in [0.15, 0.2) is 0 Å². The topological polar surface area (TPSA) is 108 Å². The van der Waals surface area contributed by atoms with Crippen LogP contribution < -0.4 is 16.4 Å². The number of amides is 1. The predicted molar refractivity (Wildman–Crippen MR) is 151 cm³/mol. The molecule has 0 aliphatic carbocycles. The molecule has 10 heteroatoms. The molecule has 216 valence electrons. The zero-order valence-electron chi connectivity index (χ0n) is 22.6. The Morgan fingerprint density at radius 2 is 1.85 bits per heavy atom. The van der Waals surface area contributed by atoms with Crippen LogP contribution in [0.3, 0.4) is 0 Å². The Balaban J connectivity index is 2.21. The maximum atomic E-state index is 15.7. The molecule has 6 nitrogen and oxygen atoms in total. The van der Waals surface area contributed by atoms with Crippen LogP contribution in [0.2, 0.25) is 10.0 Å². The van der Waals surface area contributed by atoms with Crippen LogP contribution in [0.25, 0.3) is 0 Å². The van der Waals surface area contributed by atoms with E-state index in [0.717, 1.165) is 19.3 Å². The lowest BCUT2D eigenvalue weighted by Crippen LogP contribution is -2.53. The van der Waals surface area contributed by atoms with Crippen LogP contribution >= 0.6 is 23.2 Å². The molecule has 39 heavy (non-hydrogen) atoms. The summed E-state index contributed by atoms with van der Waals surface area (Å²) < 4.78 is 31.3. The lowest BCUT2D eigenvalue weighted by Gasteiger charge is -2.42. The summed E-state index contributed by atoms with van der Waals surface area (Å²) in [6, 6.07) is 7.06. The quantitative estimate of drug-likeness (QED) is 0.240. The third kappa shape index (κ3) is 6.42. The maximum absolute atomic E-state index is 15.7. The van der Waals surface area contributed by atoms with Crippen LogP contribution in [-0.2, 0) is 10.3 Å². The van der Waals surface area contributed by atoms with Crippen molar-refractivity contribution in [2.45, 2.75) is 82.5 Å². The summed E-state index contributed by atoms with van der Waals surface area (Å²) in [5.41, 5.74) is 5.77. The standard InChI is InChI=1S/C29H39Cl2F2N3O3/c1-4-28(5-2,6-3)15-23-29(34,20-11-10-17(30)14-22(20)32)24(19-8-7-9-21(31)25(19)33)26(36-23)27(39)35-13-12-18(38)16-37/h7-11,14,18,23-24,26,36-38H,4-6,12-13,15-16,34H2,1-3H3,(H,35,39)/t18-,23-,24-,26+,29+/m0/s1. The maximum Gasteiger partial charge on any atom is 0.237 e. The minimum Gasteiger partial charge on any atom is -0.394 e. The molecule has 2 aromatic rings. The van der Waals surface area contributed by atoms with Crippen LogP contribution in [0.15, 0.2) is 36.4 Å². The first-order valence-corrected chi connectivity index (χ1v) is 14.2. The first-order valence-electron chi connectivity index (χ1n) is 13.5. The van der Waals surface area contributed by atoms with Gasteiger partial charge in [0.1, 0.15) is 11.6 Å². The summed E-state index contributed by atoms with van der Waals surface area (Å²) in [4.78, 5) is 13.6.